The second-order valence-corrected chi connectivity index (χ2v) is 5.28. The van der Waals surface area contributed by atoms with Crippen LogP contribution < -0.4 is 0 Å². The minimum atomic E-state index is 0.548. The SMILES string of the molecule is Cc1nccc(CN2CCC(c3cnccn3)CC2)n1. The van der Waals surface area contributed by atoms with E-state index < -0.39 is 0 Å². The highest BCUT2D eigenvalue weighted by Gasteiger charge is 2.21. The lowest BCUT2D eigenvalue weighted by Gasteiger charge is -2.31. The van der Waals surface area contributed by atoms with E-state index in [-0.39, 0.29) is 0 Å². The Balaban J connectivity index is 1.56. The molecule has 1 aliphatic heterocycles. The standard InChI is InChI=1S/C15H19N5/c1-12-17-5-2-14(19-12)11-20-8-3-13(4-9-20)15-10-16-6-7-18-15/h2,5-7,10,13H,3-4,8-9,11H2,1H3. The first-order valence-corrected chi connectivity index (χ1v) is 7.08. The molecule has 0 radical (unpaired) electrons. The van der Waals surface area contributed by atoms with Gasteiger partial charge in [0.2, 0.25) is 0 Å². The van der Waals surface area contributed by atoms with Gasteiger partial charge in [0.1, 0.15) is 5.82 Å². The lowest BCUT2D eigenvalue weighted by Crippen LogP contribution is -2.33. The van der Waals surface area contributed by atoms with Crippen LogP contribution in [0.15, 0.2) is 30.9 Å². The largest absolute Gasteiger partial charge is 0.297 e. The number of hydrogen-bond acceptors (Lipinski definition) is 5. The molecule has 5 heteroatoms. The average Bonchev–Trinajstić information content (AvgIpc) is 2.49. The van der Waals surface area contributed by atoms with Gasteiger partial charge in [-0.1, -0.05) is 0 Å². The van der Waals surface area contributed by atoms with Gasteiger partial charge in [-0.25, -0.2) is 9.97 Å². The molecule has 0 unspecified atom stereocenters. The Labute approximate surface area is 119 Å². The van der Waals surface area contributed by atoms with Gasteiger partial charge >= 0.3 is 0 Å². The predicted octanol–water partition coefficient (Wildman–Crippen LogP) is 1.95. The lowest BCUT2D eigenvalue weighted by molar-refractivity contribution is 0.201. The normalized spacial score (nSPS) is 17.2. The molecule has 0 saturated carbocycles. The molecule has 0 bridgehead atoms. The number of aryl methyl sites for hydroxylation is 1. The first kappa shape index (κ1) is 13.1. The smallest absolute Gasteiger partial charge is 0.125 e. The molecule has 3 heterocycles. The highest BCUT2D eigenvalue weighted by atomic mass is 15.1. The zero-order valence-electron chi connectivity index (χ0n) is 11.7. The van der Waals surface area contributed by atoms with E-state index in [1.807, 2.05) is 25.4 Å². The molecule has 1 aliphatic rings. The van der Waals surface area contributed by atoms with Crippen LogP contribution in [0.1, 0.15) is 36.0 Å². The minimum absolute atomic E-state index is 0.548. The third-order valence-corrected chi connectivity index (χ3v) is 3.81. The number of aromatic nitrogens is 4. The molecule has 0 spiro atoms. The number of piperidine rings is 1. The summed E-state index contributed by atoms with van der Waals surface area (Å²) >= 11 is 0. The van der Waals surface area contributed by atoms with Gasteiger partial charge < -0.3 is 0 Å². The second kappa shape index (κ2) is 6.05. The van der Waals surface area contributed by atoms with Crippen LogP contribution >= 0.6 is 0 Å². The molecule has 1 fully saturated rings. The Hall–Kier alpha value is -1.88. The third kappa shape index (κ3) is 3.17. The summed E-state index contributed by atoms with van der Waals surface area (Å²) < 4.78 is 0. The summed E-state index contributed by atoms with van der Waals surface area (Å²) in [7, 11) is 0. The van der Waals surface area contributed by atoms with E-state index in [1.165, 1.54) is 0 Å². The highest BCUT2D eigenvalue weighted by Crippen LogP contribution is 2.26. The fraction of sp³-hybridized carbons (Fsp3) is 0.467. The fourth-order valence-electron chi connectivity index (χ4n) is 2.73. The molecule has 1 saturated heterocycles. The van der Waals surface area contributed by atoms with Crippen molar-refractivity contribution in [2.24, 2.45) is 0 Å². The average molecular weight is 269 g/mol. The Morgan fingerprint density at radius 2 is 2.00 bits per heavy atom. The molecule has 2 aromatic rings. The Bertz CT molecular complexity index is 549. The maximum absolute atomic E-state index is 4.47. The van der Waals surface area contributed by atoms with Crippen molar-refractivity contribution < 1.29 is 0 Å². The summed E-state index contributed by atoms with van der Waals surface area (Å²) in [5, 5.41) is 0. The first-order chi connectivity index (χ1) is 9.81. The van der Waals surface area contributed by atoms with E-state index in [2.05, 4.69) is 24.8 Å². The number of nitrogens with zero attached hydrogens (tertiary/aromatic N) is 5. The molecule has 5 nitrogen and oxygen atoms in total. The summed E-state index contributed by atoms with van der Waals surface area (Å²) in [6.07, 6.45) is 9.53. The van der Waals surface area contributed by atoms with Crippen LogP contribution in [0.3, 0.4) is 0 Å². The number of hydrogen-bond donors (Lipinski definition) is 0. The van der Waals surface area contributed by atoms with Gasteiger partial charge in [0, 0.05) is 37.3 Å². The molecule has 0 amide bonds. The van der Waals surface area contributed by atoms with Crippen LogP contribution in [0, 0.1) is 6.92 Å². The maximum Gasteiger partial charge on any atom is 0.125 e. The van der Waals surface area contributed by atoms with Crippen LogP contribution in [-0.2, 0) is 6.54 Å². The Morgan fingerprint density at radius 1 is 1.15 bits per heavy atom. The summed E-state index contributed by atoms with van der Waals surface area (Å²) in [5.41, 5.74) is 2.24. The quantitative estimate of drug-likeness (QED) is 0.852. The molecule has 2 aromatic heterocycles. The molecule has 0 aromatic carbocycles. The van der Waals surface area contributed by atoms with Gasteiger partial charge in [0.15, 0.2) is 0 Å². The monoisotopic (exact) mass is 269 g/mol. The summed E-state index contributed by atoms with van der Waals surface area (Å²) in [6, 6.07) is 2.00. The van der Waals surface area contributed by atoms with E-state index >= 15 is 0 Å². The molecular formula is C15H19N5. The van der Waals surface area contributed by atoms with E-state index in [1.54, 1.807) is 12.4 Å². The summed E-state index contributed by atoms with van der Waals surface area (Å²) in [4.78, 5) is 19.6. The molecule has 0 aliphatic carbocycles. The van der Waals surface area contributed by atoms with Crippen LogP contribution in [0.4, 0.5) is 0 Å². The highest BCUT2D eigenvalue weighted by molar-refractivity contribution is 5.06. The van der Waals surface area contributed by atoms with Crippen molar-refractivity contribution in [3.8, 4) is 0 Å². The molecule has 3 rings (SSSR count). The molecule has 20 heavy (non-hydrogen) atoms. The zero-order chi connectivity index (χ0) is 13.8. The predicted molar refractivity (Wildman–Crippen MR) is 76.1 cm³/mol. The van der Waals surface area contributed by atoms with Gasteiger partial charge in [0.25, 0.3) is 0 Å². The molecule has 0 N–H and O–H groups in total. The van der Waals surface area contributed by atoms with Crippen molar-refractivity contribution in [2.75, 3.05) is 13.1 Å². The van der Waals surface area contributed by atoms with Gasteiger partial charge in [-0.2, -0.15) is 0 Å². The zero-order valence-corrected chi connectivity index (χ0v) is 11.7. The van der Waals surface area contributed by atoms with Crippen molar-refractivity contribution in [3.05, 3.63) is 48.1 Å². The van der Waals surface area contributed by atoms with Crippen molar-refractivity contribution in [3.63, 3.8) is 0 Å². The maximum atomic E-state index is 4.47. The van der Waals surface area contributed by atoms with Gasteiger partial charge in [-0.05, 0) is 38.9 Å². The number of rotatable bonds is 3. The summed E-state index contributed by atoms with van der Waals surface area (Å²) in [5.74, 6) is 1.39. The van der Waals surface area contributed by atoms with E-state index in [9.17, 15) is 0 Å². The van der Waals surface area contributed by atoms with Gasteiger partial charge in [0.05, 0.1) is 11.4 Å². The fourth-order valence-corrected chi connectivity index (χ4v) is 2.73. The van der Waals surface area contributed by atoms with E-state index in [0.29, 0.717) is 5.92 Å². The van der Waals surface area contributed by atoms with Crippen molar-refractivity contribution in [2.45, 2.75) is 32.2 Å². The Morgan fingerprint density at radius 3 is 2.70 bits per heavy atom. The molecule has 0 atom stereocenters. The first-order valence-electron chi connectivity index (χ1n) is 7.08. The number of likely N-dealkylation sites (tertiary alicyclic amines) is 1. The lowest BCUT2D eigenvalue weighted by atomic mass is 9.94. The topological polar surface area (TPSA) is 54.8 Å². The Kier molecular flexibility index (Phi) is 3.97. The third-order valence-electron chi connectivity index (χ3n) is 3.81. The second-order valence-electron chi connectivity index (χ2n) is 5.28. The van der Waals surface area contributed by atoms with Crippen LogP contribution in [0.5, 0.6) is 0 Å². The van der Waals surface area contributed by atoms with Gasteiger partial charge in [-0.3, -0.25) is 14.9 Å². The van der Waals surface area contributed by atoms with Gasteiger partial charge in [-0.15, -0.1) is 0 Å². The van der Waals surface area contributed by atoms with Crippen molar-refractivity contribution in [1.82, 2.24) is 24.8 Å². The van der Waals surface area contributed by atoms with E-state index in [4.69, 9.17) is 0 Å². The van der Waals surface area contributed by atoms with E-state index in [0.717, 1.165) is 49.7 Å². The van der Waals surface area contributed by atoms with Crippen molar-refractivity contribution >= 4 is 0 Å². The molecule has 104 valence electrons. The van der Waals surface area contributed by atoms with Crippen LogP contribution in [-0.4, -0.2) is 37.9 Å². The molecular weight excluding hydrogens is 250 g/mol. The van der Waals surface area contributed by atoms with Crippen molar-refractivity contribution in [1.29, 1.82) is 0 Å². The minimum Gasteiger partial charge on any atom is -0.297 e. The summed E-state index contributed by atoms with van der Waals surface area (Å²) in [6.45, 7) is 5.02. The van der Waals surface area contributed by atoms with Crippen LogP contribution in [0.2, 0.25) is 0 Å². The van der Waals surface area contributed by atoms with Crippen LogP contribution in [0.25, 0.3) is 0 Å².